The van der Waals surface area contributed by atoms with E-state index in [9.17, 15) is 14.4 Å². The summed E-state index contributed by atoms with van der Waals surface area (Å²) >= 11 is 0. The fraction of sp³-hybridized carbons (Fsp3) is 0.320. The van der Waals surface area contributed by atoms with Gasteiger partial charge >= 0.3 is 12.1 Å². The van der Waals surface area contributed by atoms with Crippen molar-refractivity contribution in [2.45, 2.75) is 25.7 Å². The lowest BCUT2D eigenvalue weighted by molar-refractivity contribution is -0.131. The van der Waals surface area contributed by atoms with E-state index in [0.29, 0.717) is 13.0 Å². The summed E-state index contributed by atoms with van der Waals surface area (Å²) < 4.78 is 5.53. The summed E-state index contributed by atoms with van der Waals surface area (Å²) in [6.07, 6.45) is 2.80. The van der Waals surface area contributed by atoms with Gasteiger partial charge in [0, 0.05) is 31.5 Å². The first-order valence-electron chi connectivity index (χ1n) is 10.7. The van der Waals surface area contributed by atoms with Crippen LogP contribution >= 0.6 is 0 Å². The minimum atomic E-state index is -1.06. The number of carbonyl (C=O) groups is 3. The molecule has 0 aromatic heterocycles. The summed E-state index contributed by atoms with van der Waals surface area (Å²) in [6, 6.07) is 16.3. The van der Waals surface area contributed by atoms with Gasteiger partial charge in [-0.25, -0.2) is 9.59 Å². The fourth-order valence-electron chi connectivity index (χ4n) is 3.90. The number of amides is 2. The monoisotopic (exact) mass is 436 g/mol. The van der Waals surface area contributed by atoms with Gasteiger partial charge in [-0.05, 0) is 28.2 Å². The molecule has 1 aliphatic rings. The van der Waals surface area contributed by atoms with Gasteiger partial charge in [0.15, 0.2) is 0 Å². The molecule has 7 nitrogen and oxygen atoms in total. The van der Waals surface area contributed by atoms with Crippen LogP contribution in [0.25, 0.3) is 11.1 Å². The highest BCUT2D eigenvalue weighted by molar-refractivity contribution is 5.80. The zero-order chi connectivity index (χ0) is 22.9. The van der Waals surface area contributed by atoms with Gasteiger partial charge < -0.3 is 20.5 Å². The molecule has 0 saturated carbocycles. The van der Waals surface area contributed by atoms with Gasteiger partial charge in [-0.3, -0.25) is 4.79 Å². The minimum absolute atomic E-state index is 0.000225. The lowest BCUT2D eigenvalue weighted by atomic mass is 9.98. The second-order valence-electron chi connectivity index (χ2n) is 7.73. The predicted octanol–water partition coefficient (Wildman–Crippen LogP) is 3.70. The Morgan fingerprint density at radius 3 is 2.25 bits per heavy atom. The van der Waals surface area contributed by atoms with Gasteiger partial charge in [-0.1, -0.05) is 68.0 Å². The van der Waals surface area contributed by atoms with Crippen molar-refractivity contribution in [2.24, 2.45) is 5.92 Å². The van der Waals surface area contributed by atoms with E-state index in [0.717, 1.165) is 17.2 Å². The minimum Gasteiger partial charge on any atom is -0.478 e. The number of aliphatic carboxylic acids is 1. The zero-order valence-electron chi connectivity index (χ0n) is 18.0. The number of carboxylic acid groups (broad SMARTS) is 1. The normalized spacial score (nSPS) is 13.3. The summed E-state index contributed by atoms with van der Waals surface area (Å²) in [5, 5.41) is 13.9. The predicted molar refractivity (Wildman–Crippen MR) is 121 cm³/mol. The van der Waals surface area contributed by atoms with Gasteiger partial charge in [-0.2, -0.15) is 0 Å². The largest absolute Gasteiger partial charge is 0.478 e. The van der Waals surface area contributed by atoms with E-state index in [-0.39, 0.29) is 37.3 Å². The number of benzene rings is 2. The molecule has 32 heavy (non-hydrogen) atoms. The van der Waals surface area contributed by atoms with E-state index in [1.54, 1.807) is 0 Å². The van der Waals surface area contributed by atoms with Crippen LogP contribution in [-0.2, 0) is 14.3 Å². The first-order valence-corrected chi connectivity index (χ1v) is 10.7. The van der Waals surface area contributed by atoms with E-state index in [2.05, 4.69) is 34.9 Å². The Kier molecular flexibility index (Phi) is 8.02. The van der Waals surface area contributed by atoms with Crippen LogP contribution in [-0.4, -0.2) is 42.8 Å². The number of carboxylic acids is 1. The molecule has 2 aromatic rings. The third-order valence-electron chi connectivity index (χ3n) is 5.61. The third-order valence-corrected chi connectivity index (χ3v) is 5.61. The topological polar surface area (TPSA) is 105 Å². The molecule has 1 unspecified atom stereocenters. The number of rotatable bonds is 10. The lowest BCUT2D eigenvalue weighted by Crippen LogP contribution is -2.33. The smallest absolute Gasteiger partial charge is 0.407 e. The third kappa shape index (κ3) is 5.97. The molecule has 0 aliphatic heterocycles. The SMILES string of the molecule is CCC(CNC(=O)OCC1c2ccccc2-c2ccccc21)CC(=O)NC/C=C/C(=O)O. The first kappa shape index (κ1) is 23.1. The highest BCUT2D eigenvalue weighted by atomic mass is 16.5. The molecule has 3 N–H and O–H groups in total. The Morgan fingerprint density at radius 2 is 1.66 bits per heavy atom. The molecule has 0 bridgehead atoms. The molecular formula is C25H28N2O5. The molecule has 3 rings (SSSR count). The average Bonchev–Trinajstić information content (AvgIpc) is 3.11. The van der Waals surface area contributed by atoms with Gasteiger partial charge in [-0.15, -0.1) is 0 Å². The van der Waals surface area contributed by atoms with Crippen molar-refractivity contribution in [1.29, 1.82) is 0 Å². The Balaban J connectivity index is 1.47. The van der Waals surface area contributed by atoms with Crippen molar-refractivity contribution in [3.8, 4) is 11.1 Å². The summed E-state index contributed by atoms with van der Waals surface area (Å²) in [6.45, 7) is 2.67. The van der Waals surface area contributed by atoms with E-state index in [1.807, 2.05) is 31.2 Å². The first-order chi connectivity index (χ1) is 15.5. The maximum absolute atomic E-state index is 12.3. The molecule has 2 aromatic carbocycles. The Hall–Kier alpha value is -3.61. The molecule has 0 fully saturated rings. The molecule has 2 amide bonds. The number of alkyl carbamates (subject to hydrolysis) is 1. The second-order valence-corrected chi connectivity index (χ2v) is 7.73. The Morgan fingerprint density at radius 1 is 1.03 bits per heavy atom. The van der Waals surface area contributed by atoms with Crippen molar-refractivity contribution in [3.63, 3.8) is 0 Å². The number of hydrogen-bond donors (Lipinski definition) is 3. The summed E-state index contributed by atoms with van der Waals surface area (Å²) in [5.41, 5.74) is 4.66. The van der Waals surface area contributed by atoms with Crippen LogP contribution in [0.4, 0.5) is 4.79 Å². The molecule has 1 aliphatic carbocycles. The highest BCUT2D eigenvalue weighted by Crippen LogP contribution is 2.44. The molecule has 0 saturated heterocycles. The van der Waals surface area contributed by atoms with Gasteiger partial charge in [0.2, 0.25) is 5.91 Å². The van der Waals surface area contributed by atoms with Crippen LogP contribution < -0.4 is 10.6 Å². The standard InChI is InChI=1S/C25H28N2O5/c1-2-17(14-23(28)26-13-7-12-24(29)30)15-27-25(31)32-16-22-20-10-5-3-8-18(20)19-9-4-6-11-21(19)22/h3-12,17,22H,2,13-16H2,1H3,(H,26,28)(H,27,31)(H,29,30)/b12-7+. The van der Waals surface area contributed by atoms with Crippen molar-refractivity contribution < 1.29 is 24.2 Å². The number of ether oxygens (including phenoxy) is 1. The number of fused-ring (bicyclic) bond motifs is 3. The van der Waals surface area contributed by atoms with Crippen LogP contribution in [0.3, 0.4) is 0 Å². The summed E-state index contributed by atoms with van der Waals surface area (Å²) in [7, 11) is 0. The average molecular weight is 437 g/mol. The lowest BCUT2D eigenvalue weighted by Gasteiger charge is -2.17. The van der Waals surface area contributed by atoms with Crippen molar-refractivity contribution in [1.82, 2.24) is 10.6 Å². The molecule has 1 atom stereocenters. The zero-order valence-corrected chi connectivity index (χ0v) is 18.0. The molecule has 0 spiro atoms. The van der Waals surface area contributed by atoms with E-state index < -0.39 is 12.1 Å². The van der Waals surface area contributed by atoms with Crippen molar-refractivity contribution in [2.75, 3.05) is 19.7 Å². The number of hydrogen-bond acceptors (Lipinski definition) is 4. The van der Waals surface area contributed by atoms with Gasteiger partial charge in [0.25, 0.3) is 0 Å². The van der Waals surface area contributed by atoms with E-state index in [1.165, 1.54) is 17.2 Å². The van der Waals surface area contributed by atoms with Crippen LogP contribution in [0.1, 0.15) is 36.8 Å². The second kappa shape index (κ2) is 11.1. The Bertz CT molecular complexity index is 956. The van der Waals surface area contributed by atoms with Crippen LogP contribution in [0.2, 0.25) is 0 Å². The highest BCUT2D eigenvalue weighted by Gasteiger charge is 2.29. The van der Waals surface area contributed by atoms with Crippen molar-refractivity contribution >= 4 is 18.0 Å². The molecule has 7 heteroatoms. The van der Waals surface area contributed by atoms with E-state index >= 15 is 0 Å². The quantitative estimate of drug-likeness (QED) is 0.493. The fourth-order valence-corrected chi connectivity index (χ4v) is 3.90. The molecule has 0 heterocycles. The molecular weight excluding hydrogens is 408 g/mol. The number of carbonyl (C=O) groups excluding carboxylic acids is 2. The van der Waals surface area contributed by atoms with Crippen LogP contribution in [0.5, 0.6) is 0 Å². The summed E-state index contributed by atoms with van der Waals surface area (Å²) in [5.74, 6) is -1.29. The van der Waals surface area contributed by atoms with Gasteiger partial charge in [0.1, 0.15) is 6.61 Å². The molecule has 0 radical (unpaired) electrons. The van der Waals surface area contributed by atoms with Crippen molar-refractivity contribution in [3.05, 3.63) is 71.8 Å². The van der Waals surface area contributed by atoms with Crippen LogP contribution in [0, 0.1) is 5.92 Å². The number of nitrogens with one attached hydrogen (secondary N) is 2. The summed E-state index contributed by atoms with van der Waals surface area (Å²) in [4.78, 5) is 34.7. The Labute approximate surface area is 187 Å². The molecule has 168 valence electrons. The maximum Gasteiger partial charge on any atom is 0.407 e. The van der Waals surface area contributed by atoms with E-state index in [4.69, 9.17) is 9.84 Å². The maximum atomic E-state index is 12.3. The van der Waals surface area contributed by atoms with Gasteiger partial charge in [0.05, 0.1) is 0 Å². The van der Waals surface area contributed by atoms with Crippen LogP contribution in [0.15, 0.2) is 60.7 Å².